The van der Waals surface area contributed by atoms with Gasteiger partial charge in [-0.1, -0.05) is 18.2 Å². The van der Waals surface area contributed by atoms with Crippen LogP contribution in [0.15, 0.2) is 18.2 Å². The normalized spacial score (nSPS) is 10.3. The van der Waals surface area contributed by atoms with E-state index in [1.807, 2.05) is 0 Å². The fourth-order valence-electron chi connectivity index (χ4n) is 1.52. The maximum atomic E-state index is 5.57. The lowest BCUT2D eigenvalue weighted by atomic mass is 10.0. The van der Waals surface area contributed by atoms with E-state index in [4.69, 9.17) is 4.74 Å². The summed E-state index contributed by atoms with van der Waals surface area (Å²) in [5.41, 5.74) is 2.41. The first-order valence-electron chi connectivity index (χ1n) is 4.89. The summed E-state index contributed by atoms with van der Waals surface area (Å²) in [4.78, 5) is 0. The predicted molar refractivity (Wildman–Crippen MR) is 76.0 cm³/mol. The van der Waals surface area contributed by atoms with Crippen LogP contribution in [0.5, 0.6) is 5.75 Å². The van der Waals surface area contributed by atoms with Gasteiger partial charge in [-0.25, -0.2) is 0 Å². The number of hydrogen-bond donors (Lipinski definition) is 3. The van der Waals surface area contributed by atoms with E-state index in [1.165, 1.54) is 11.1 Å². The molecule has 0 heterocycles. The number of benzene rings is 1. The number of hydrogen-bond acceptors (Lipinski definition) is 4. The lowest BCUT2D eigenvalue weighted by molar-refractivity contribution is 0.386. The molecule has 0 saturated heterocycles. The van der Waals surface area contributed by atoms with Crippen molar-refractivity contribution in [2.45, 2.75) is 12.8 Å². The van der Waals surface area contributed by atoms with Gasteiger partial charge in [0.1, 0.15) is 11.7 Å². The van der Waals surface area contributed by atoms with E-state index in [0.717, 1.165) is 30.1 Å². The highest BCUT2D eigenvalue weighted by Gasteiger charge is 2.08. The fourth-order valence-corrected chi connectivity index (χ4v) is 2.13. The first-order valence-corrected chi connectivity index (χ1v) is 6.79. The van der Waals surface area contributed by atoms with Crippen molar-refractivity contribution in [2.75, 3.05) is 17.4 Å². The van der Waals surface area contributed by atoms with Crippen LogP contribution >= 0.6 is 37.9 Å². The molecule has 84 valence electrons. The van der Waals surface area contributed by atoms with Crippen LogP contribution in [0.4, 0.5) is 0 Å². The van der Waals surface area contributed by atoms with Gasteiger partial charge in [0, 0.05) is 0 Å². The fraction of sp³-hybridized carbons (Fsp3) is 0.455. The van der Waals surface area contributed by atoms with Crippen molar-refractivity contribution < 1.29 is 4.74 Å². The highest BCUT2D eigenvalue weighted by Crippen LogP contribution is 2.26. The zero-order chi connectivity index (χ0) is 11.1. The van der Waals surface area contributed by atoms with Gasteiger partial charge in [-0.15, -0.1) is 12.6 Å². The molecule has 0 N–H and O–H groups in total. The SMILES string of the molecule is SCCc1cccc(CCS)c1OCS. The van der Waals surface area contributed by atoms with Crippen LogP contribution in [0.3, 0.4) is 0 Å². The molecule has 0 aromatic heterocycles. The monoisotopic (exact) mass is 260 g/mol. The Morgan fingerprint density at radius 1 is 0.933 bits per heavy atom. The predicted octanol–water partition coefficient (Wildman–Crippen LogP) is 2.90. The highest BCUT2D eigenvalue weighted by molar-refractivity contribution is 7.80. The number of rotatable bonds is 6. The van der Waals surface area contributed by atoms with Gasteiger partial charge in [-0.3, -0.25) is 0 Å². The van der Waals surface area contributed by atoms with Crippen LogP contribution in [0.2, 0.25) is 0 Å². The van der Waals surface area contributed by atoms with E-state index in [9.17, 15) is 0 Å². The van der Waals surface area contributed by atoms with Gasteiger partial charge < -0.3 is 4.74 Å². The molecule has 0 fully saturated rings. The molecule has 0 unspecified atom stereocenters. The van der Waals surface area contributed by atoms with E-state index in [1.54, 1.807) is 0 Å². The van der Waals surface area contributed by atoms with E-state index in [0.29, 0.717) is 5.94 Å². The number of ether oxygens (including phenoxy) is 1. The van der Waals surface area contributed by atoms with Crippen molar-refractivity contribution >= 4 is 37.9 Å². The number of aryl methyl sites for hydroxylation is 2. The molecule has 1 nitrogen and oxygen atoms in total. The number of para-hydroxylation sites is 1. The van der Waals surface area contributed by atoms with Crippen LogP contribution in [0, 0.1) is 0 Å². The van der Waals surface area contributed by atoms with Crippen molar-refractivity contribution in [3.8, 4) is 5.75 Å². The Labute approximate surface area is 108 Å². The van der Waals surface area contributed by atoms with Gasteiger partial charge >= 0.3 is 0 Å². The summed E-state index contributed by atoms with van der Waals surface area (Å²) >= 11 is 12.6. The molecule has 0 radical (unpaired) electrons. The molecule has 4 heteroatoms. The summed E-state index contributed by atoms with van der Waals surface area (Å²) < 4.78 is 5.57. The minimum absolute atomic E-state index is 0.406. The number of thiol groups is 3. The van der Waals surface area contributed by atoms with Crippen LogP contribution in [0.25, 0.3) is 0 Å². The minimum atomic E-state index is 0.406. The first-order chi connectivity index (χ1) is 7.33. The first kappa shape index (κ1) is 13.1. The third-order valence-electron chi connectivity index (χ3n) is 2.15. The van der Waals surface area contributed by atoms with Crippen molar-refractivity contribution in [2.24, 2.45) is 0 Å². The topological polar surface area (TPSA) is 9.23 Å². The lowest BCUT2D eigenvalue weighted by Crippen LogP contribution is -2.01. The zero-order valence-electron chi connectivity index (χ0n) is 8.52. The quantitative estimate of drug-likeness (QED) is 0.526. The van der Waals surface area contributed by atoms with E-state index in [2.05, 4.69) is 56.1 Å². The summed E-state index contributed by atoms with van der Waals surface area (Å²) in [5, 5.41) is 0. The van der Waals surface area contributed by atoms with E-state index in [-0.39, 0.29) is 0 Å². The van der Waals surface area contributed by atoms with Crippen molar-refractivity contribution in [3.63, 3.8) is 0 Å². The van der Waals surface area contributed by atoms with Gasteiger partial charge in [-0.2, -0.15) is 25.3 Å². The second-order valence-electron chi connectivity index (χ2n) is 3.13. The summed E-state index contributed by atoms with van der Waals surface area (Å²) in [7, 11) is 0. The average molecular weight is 260 g/mol. The van der Waals surface area contributed by atoms with Crippen molar-refractivity contribution in [3.05, 3.63) is 29.3 Å². The molecule has 0 amide bonds. The van der Waals surface area contributed by atoms with Gasteiger partial charge in [0.05, 0.1) is 0 Å². The van der Waals surface area contributed by atoms with E-state index < -0.39 is 0 Å². The minimum Gasteiger partial charge on any atom is -0.483 e. The molecule has 1 aromatic carbocycles. The summed E-state index contributed by atoms with van der Waals surface area (Å²) in [6.07, 6.45) is 1.85. The Morgan fingerprint density at radius 2 is 1.47 bits per heavy atom. The van der Waals surface area contributed by atoms with Gasteiger partial charge in [0.25, 0.3) is 0 Å². The summed E-state index contributed by atoms with van der Waals surface area (Å²) in [5.74, 6) is 3.03. The third kappa shape index (κ3) is 3.85. The van der Waals surface area contributed by atoms with E-state index >= 15 is 0 Å². The molecular formula is C11H16OS3. The molecule has 15 heavy (non-hydrogen) atoms. The zero-order valence-corrected chi connectivity index (χ0v) is 11.2. The molecule has 0 spiro atoms. The second-order valence-corrected chi connectivity index (χ2v) is 4.28. The highest BCUT2D eigenvalue weighted by atomic mass is 32.1. The Kier molecular flexibility index (Phi) is 6.45. The van der Waals surface area contributed by atoms with Gasteiger partial charge in [0.2, 0.25) is 0 Å². The van der Waals surface area contributed by atoms with Gasteiger partial charge in [0.15, 0.2) is 0 Å². The summed E-state index contributed by atoms with van der Waals surface area (Å²) in [6, 6.07) is 6.22. The molecule has 0 atom stereocenters. The molecule has 0 aliphatic heterocycles. The maximum Gasteiger partial charge on any atom is 0.131 e. The molecule has 0 aliphatic carbocycles. The Balaban J connectivity index is 2.97. The van der Waals surface area contributed by atoms with Crippen molar-refractivity contribution in [1.29, 1.82) is 0 Å². The smallest absolute Gasteiger partial charge is 0.131 e. The third-order valence-corrected chi connectivity index (χ3v) is 2.73. The van der Waals surface area contributed by atoms with Crippen LogP contribution in [-0.2, 0) is 12.8 Å². The largest absolute Gasteiger partial charge is 0.483 e. The molecular weight excluding hydrogens is 244 g/mol. The Morgan fingerprint density at radius 3 is 1.87 bits per heavy atom. The molecule has 1 aromatic rings. The van der Waals surface area contributed by atoms with Gasteiger partial charge in [-0.05, 0) is 35.5 Å². The molecule has 0 saturated carbocycles. The Hall–Kier alpha value is 0.0700. The standard InChI is InChI=1S/C11H16OS3/c13-6-4-9-2-1-3-10(5-7-14)11(9)12-8-15/h1-3,13-15H,4-8H2. The van der Waals surface area contributed by atoms with Crippen LogP contribution in [-0.4, -0.2) is 17.4 Å². The summed E-state index contributed by atoms with van der Waals surface area (Å²) in [6.45, 7) is 0. The average Bonchev–Trinajstić information content (AvgIpc) is 2.23. The molecule has 1 rings (SSSR count). The van der Waals surface area contributed by atoms with Crippen LogP contribution < -0.4 is 4.74 Å². The molecule has 0 bridgehead atoms. The van der Waals surface area contributed by atoms with Crippen LogP contribution in [0.1, 0.15) is 11.1 Å². The maximum absolute atomic E-state index is 5.57. The Bertz CT molecular complexity index is 278. The molecule has 0 aliphatic rings. The van der Waals surface area contributed by atoms with Crippen molar-refractivity contribution in [1.82, 2.24) is 0 Å². The lowest BCUT2D eigenvalue weighted by Gasteiger charge is -2.13. The second kappa shape index (κ2) is 7.36.